The van der Waals surface area contributed by atoms with E-state index < -0.39 is 10.0 Å². The lowest BCUT2D eigenvalue weighted by Gasteiger charge is -2.18. The molecule has 5 nitrogen and oxygen atoms in total. The number of hydrogen-bond donors (Lipinski definition) is 2. The van der Waals surface area contributed by atoms with E-state index in [-0.39, 0.29) is 33.1 Å². The minimum Gasteiger partial charge on any atom is -0.345 e. The third-order valence-electron chi connectivity index (χ3n) is 5.04. The Labute approximate surface area is 188 Å². The molecule has 1 amide bonds. The van der Waals surface area contributed by atoms with Gasteiger partial charge in [-0.25, -0.2) is 8.42 Å². The van der Waals surface area contributed by atoms with Gasteiger partial charge in [0, 0.05) is 0 Å². The summed E-state index contributed by atoms with van der Waals surface area (Å²) in [5.41, 5.74) is 4.80. The summed E-state index contributed by atoms with van der Waals surface area (Å²) in [6.45, 7) is 7.82. The first-order valence-corrected chi connectivity index (χ1v) is 11.7. The largest absolute Gasteiger partial charge is 0.345 e. The van der Waals surface area contributed by atoms with Gasteiger partial charge in [0.25, 0.3) is 15.9 Å². The summed E-state index contributed by atoms with van der Waals surface area (Å²) in [4.78, 5) is 12.9. The van der Waals surface area contributed by atoms with Crippen LogP contribution in [0.1, 0.15) is 45.6 Å². The molecule has 0 aliphatic carbocycles. The van der Waals surface area contributed by atoms with E-state index in [0.29, 0.717) is 0 Å². The molecule has 0 unspecified atom stereocenters. The molecule has 2 N–H and O–H groups in total. The lowest BCUT2D eigenvalue weighted by molar-refractivity contribution is 0.0940. The molecule has 7 heteroatoms. The number of amides is 1. The fourth-order valence-electron chi connectivity index (χ4n) is 3.36. The quantitative estimate of drug-likeness (QED) is 0.510. The molecule has 0 saturated carbocycles. The van der Waals surface area contributed by atoms with E-state index >= 15 is 0 Å². The molecule has 162 valence electrons. The Morgan fingerprint density at radius 3 is 2.16 bits per heavy atom. The Hall–Kier alpha value is -2.83. The third kappa shape index (κ3) is 5.46. The van der Waals surface area contributed by atoms with E-state index in [9.17, 15) is 13.2 Å². The van der Waals surface area contributed by atoms with Crippen LogP contribution in [-0.2, 0) is 10.0 Å². The third-order valence-corrected chi connectivity index (χ3v) is 6.75. The maximum atomic E-state index is 12.7. The van der Waals surface area contributed by atoms with Gasteiger partial charge in [0.1, 0.15) is 0 Å². The smallest absolute Gasteiger partial charge is 0.261 e. The summed E-state index contributed by atoms with van der Waals surface area (Å²) >= 11 is 6.31. The van der Waals surface area contributed by atoms with Crippen molar-refractivity contribution in [1.82, 2.24) is 5.32 Å². The second kappa shape index (κ2) is 9.12. The maximum absolute atomic E-state index is 12.7. The zero-order valence-electron chi connectivity index (χ0n) is 17.9. The molecule has 3 aromatic carbocycles. The fraction of sp³-hybridized carbons (Fsp3) is 0.208. The van der Waals surface area contributed by atoms with E-state index in [4.69, 9.17) is 11.6 Å². The van der Waals surface area contributed by atoms with Gasteiger partial charge in [-0.2, -0.15) is 0 Å². The number of rotatable bonds is 6. The van der Waals surface area contributed by atoms with E-state index in [1.165, 1.54) is 30.3 Å². The Balaban J connectivity index is 1.75. The molecule has 0 radical (unpaired) electrons. The summed E-state index contributed by atoms with van der Waals surface area (Å²) in [5.74, 6) is -0.328. The molecule has 1 atom stereocenters. The second-order valence-corrected chi connectivity index (χ2v) is 9.76. The molecule has 3 aromatic rings. The summed E-state index contributed by atoms with van der Waals surface area (Å²) in [5, 5.41) is 3.11. The average molecular weight is 457 g/mol. The molecule has 0 saturated heterocycles. The summed E-state index contributed by atoms with van der Waals surface area (Å²) in [7, 11) is -3.75. The molecule has 0 bridgehead atoms. The number of hydrogen-bond acceptors (Lipinski definition) is 3. The van der Waals surface area contributed by atoms with Gasteiger partial charge in [0.05, 0.1) is 27.2 Å². The number of nitrogens with one attached hydrogen (secondary N) is 2. The number of anilines is 1. The summed E-state index contributed by atoms with van der Waals surface area (Å²) < 4.78 is 27.6. The first-order valence-electron chi connectivity index (χ1n) is 9.84. The van der Waals surface area contributed by atoms with E-state index in [2.05, 4.69) is 16.1 Å². The standard InChI is InChI=1S/C24H25ClN2O3S/c1-15-5-9-20(10-6-15)31(29,30)27-19-8-12-22(23(25)14-19)24(28)26-18(4)21-11-7-16(2)13-17(21)3/h5-14,18,27H,1-4H3,(H,26,28)/t18-/m1/s1. The van der Waals surface area contributed by atoms with Crippen LogP contribution in [0.2, 0.25) is 5.02 Å². The Morgan fingerprint density at radius 1 is 0.903 bits per heavy atom. The van der Waals surface area contributed by atoms with E-state index in [1.54, 1.807) is 12.1 Å². The zero-order valence-corrected chi connectivity index (χ0v) is 19.4. The summed E-state index contributed by atoms with van der Waals surface area (Å²) in [6, 6.07) is 16.9. The number of benzene rings is 3. The molecule has 3 rings (SSSR count). The van der Waals surface area contributed by atoms with Crippen LogP contribution in [0.3, 0.4) is 0 Å². The van der Waals surface area contributed by atoms with Crippen LogP contribution in [0.4, 0.5) is 5.69 Å². The minimum absolute atomic E-state index is 0.151. The molecule has 0 spiro atoms. The molecule has 0 aliphatic rings. The molecular weight excluding hydrogens is 432 g/mol. The van der Waals surface area contributed by atoms with Gasteiger partial charge in [0.2, 0.25) is 0 Å². The van der Waals surface area contributed by atoms with Crippen LogP contribution in [-0.4, -0.2) is 14.3 Å². The van der Waals surface area contributed by atoms with Gasteiger partial charge in [-0.3, -0.25) is 9.52 Å². The molecule has 31 heavy (non-hydrogen) atoms. The van der Waals surface area contributed by atoms with Crippen molar-refractivity contribution in [3.63, 3.8) is 0 Å². The normalized spacial score (nSPS) is 12.3. The average Bonchev–Trinajstić information content (AvgIpc) is 2.67. The monoisotopic (exact) mass is 456 g/mol. The van der Waals surface area contributed by atoms with Gasteiger partial charge in [-0.05, 0) is 69.2 Å². The van der Waals surface area contributed by atoms with Crippen molar-refractivity contribution in [3.05, 3.63) is 93.5 Å². The van der Waals surface area contributed by atoms with Crippen LogP contribution >= 0.6 is 11.6 Å². The SMILES string of the molecule is Cc1ccc(S(=O)(=O)Nc2ccc(C(=O)N[C@H](C)c3ccc(C)cc3C)c(Cl)c2)cc1. The highest BCUT2D eigenvalue weighted by molar-refractivity contribution is 7.92. The highest BCUT2D eigenvalue weighted by Gasteiger charge is 2.18. The highest BCUT2D eigenvalue weighted by atomic mass is 35.5. The second-order valence-electron chi connectivity index (χ2n) is 7.67. The van der Waals surface area contributed by atoms with E-state index in [1.807, 2.05) is 39.8 Å². The van der Waals surface area contributed by atoms with Crippen molar-refractivity contribution in [1.29, 1.82) is 0 Å². The van der Waals surface area contributed by atoms with Crippen molar-refractivity contribution in [3.8, 4) is 0 Å². The van der Waals surface area contributed by atoms with Crippen molar-refractivity contribution < 1.29 is 13.2 Å². The molecule has 0 heterocycles. The van der Waals surface area contributed by atoms with Crippen molar-refractivity contribution in [2.45, 2.75) is 38.6 Å². The fourth-order valence-corrected chi connectivity index (χ4v) is 4.67. The number of aryl methyl sites for hydroxylation is 3. The minimum atomic E-state index is -3.75. The van der Waals surface area contributed by atoms with Gasteiger partial charge < -0.3 is 5.32 Å². The van der Waals surface area contributed by atoms with Crippen molar-refractivity contribution >= 4 is 33.2 Å². The molecule has 0 fully saturated rings. The Bertz CT molecular complexity index is 1220. The first kappa shape index (κ1) is 22.8. The van der Waals surface area contributed by atoms with Gasteiger partial charge >= 0.3 is 0 Å². The molecule has 0 aliphatic heterocycles. The molecular formula is C24H25ClN2O3S. The number of halogens is 1. The van der Waals surface area contributed by atoms with Crippen molar-refractivity contribution in [2.75, 3.05) is 4.72 Å². The Kier molecular flexibility index (Phi) is 6.72. The van der Waals surface area contributed by atoms with Crippen LogP contribution in [0.25, 0.3) is 0 Å². The lowest BCUT2D eigenvalue weighted by Crippen LogP contribution is -2.27. The van der Waals surface area contributed by atoms with Gasteiger partial charge in [-0.15, -0.1) is 0 Å². The Morgan fingerprint density at radius 2 is 1.55 bits per heavy atom. The van der Waals surface area contributed by atoms with Crippen molar-refractivity contribution in [2.24, 2.45) is 0 Å². The molecule has 0 aromatic heterocycles. The number of sulfonamides is 1. The van der Waals surface area contributed by atoms with Crippen LogP contribution in [0.15, 0.2) is 65.6 Å². The topological polar surface area (TPSA) is 75.3 Å². The predicted octanol–water partition coefficient (Wildman–Crippen LogP) is 5.56. The first-order chi connectivity index (χ1) is 14.6. The number of carbonyl (C=O) groups excluding carboxylic acids is 1. The lowest BCUT2D eigenvalue weighted by atomic mass is 10.00. The van der Waals surface area contributed by atoms with Crippen LogP contribution < -0.4 is 10.0 Å². The van der Waals surface area contributed by atoms with E-state index in [0.717, 1.165) is 22.3 Å². The van der Waals surface area contributed by atoms with Crippen LogP contribution in [0.5, 0.6) is 0 Å². The maximum Gasteiger partial charge on any atom is 0.261 e. The van der Waals surface area contributed by atoms with Gasteiger partial charge in [-0.1, -0.05) is 53.1 Å². The van der Waals surface area contributed by atoms with Crippen LogP contribution in [0, 0.1) is 20.8 Å². The predicted molar refractivity (Wildman–Crippen MR) is 125 cm³/mol. The summed E-state index contributed by atoms with van der Waals surface area (Å²) in [6.07, 6.45) is 0. The zero-order chi connectivity index (χ0) is 22.8. The van der Waals surface area contributed by atoms with Gasteiger partial charge in [0.15, 0.2) is 0 Å². The number of carbonyl (C=O) groups is 1. The highest BCUT2D eigenvalue weighted by Crippen LogP contribution is 2.25.